The number of unbranched alkanes of at least 4 members (excludes halogenated alkanes) is 1. The summed E-state index contributed by atoms with van der Waals surface area (Å²) in [4.78, 5) is 163. The minimum Gasteiger partial charge on any atom is -0.480 e. The van der Waals surface area contributed by atoms with E-state index in [9.17, 15) is 57.8 Å². The first-order valence-electron chi connectivity index (χ1n) is 28.0. The molecule has 33 heteroatoms. The molecule has 0 unspecified atom stereocenters. The van der Waals surface area contributed by atoms with E-state index < -0.39 is 138 Å². The smallest absolute Gasteiger partial charge is 0.325 e. The Morgan fingerprint density at radius 1 is 0.554 bits per heavy atom. The lowest BCUT2D eigenvalue weighted by atomic mass is 9.96. The van der Waals surface area contributed by atoms with Gasteiger partial charge in [-0.05, 0) is 109 Å². The number of carbonyl (C=O) groups is 11. The molecule has 468 valence electrons. The van der Waals surface area contributed by atoms with Crippen LogP contribution in [-0.2, 0) is 52.7 Å². The summed E-state index contributed by atoms with van der Waals surface area (Å²) in [5.74, 6) is -9.90. The van der Waals surface area contributed by atoms with Crippen molar-refractivity contribution in [2.45, 2.75) is 178 Å². The van der Waals surface area contributed by atoms with Gasteiger partial charge in [0.2, 0.25) is 59.1 Å². The summed E-state index contributed by atoms with van der Waals surface area (Å²) in [6.45, 7) is 4.96. The van der Waals surface area contributed by atoms with Crippen molar-refractivity contribution in [1.29, 1.82) is 0 Å². The van der Waals surface area contributed by atoms with Crippen molar-refractivity contribution in [2.24, 2.45) is 72.5 Å². The minimum absolute atomic E-state index is 0.00153. The van der Waals surface area contributed by atoms with Crippen LogP contribution in [0.2, 0.25) is 0 Å². The van der Waals surface area contributed by atoms with Gasteiger partial charge in [0, 0.05) is 39.1 Å². The predicted octanol–water partition coefficient (Wildman–Crippen LogP) is -6.97. The highest BCUT2D eigenvalue weighted by atomic mass is 16.4. The van der Waals surface area contributed by atoms with Crippen LogP contribution in [0.15, 0.2) is 15.0 Å². The molecule has 83 heavy (non-hydrogen) atoms. The van der Waals surface area contributed by atoms with Gasteiger partial charge in [0.15, 0.2) is 17.9 Å². The Balaban J connectivity index is 2.40. The van der Waals surface area contributed by atoms with Crippen LogP contribution in [0.25, 0.3) is 0 Å². The first-order valence-corrected chi connectivity index (χ1v) is 28.0. The van der Waals surface area contributed by atoms with Gasteiger partial charge in [-0.15, -0.1) is 0 Å². The fourth-order valence-electron chi connectivity index (χ4n) is 9.15. The molecular formula is C50H91N21O12. The zero-order valence-corrected chi connectivity index (χ0v) is 47.9. The highest BCUT2D eigenvalue weighted by molar-refractivity contribution is 5.99. The molecule has 0 spiro atoms. The number of rotatable bonds is 38. The molecule has 0 saturated carbocycles. The van der Waals surface area contributed by atoms with E-state index in [0.29, 0.717) is 45.1 Å². The summed E-state index contributed by atoms with van der Waals surface area (Å²) in [6, 6.07) is -11.1. The van der Waals surface area contributed by atoms with Gasteiger partial charge in [-0.2, -0.15) is 0 Å². The highest BCUT2D eigenvalue weighted by Crippen LogP contribution is 2.25. The van der Waals surface area contributed by atoms with Gasteiger partial charge < -0.3 is 104 Å². The van der Waals surface area contributed by atoms with E-state index in [1.165, 1.54) is 16.7 Å². The van der Waals surface area contributed by atoms with Gasteiger partial charge in [-0.3, -0.25) is 67.7 Å². The third-order valence-corrected chi connectivity index (χ3v) is 14.0. The average molecular weight is 1180 g/mol. The molecule has 0 radical (unpaired) electrons. The van der Waals surface area contributed by atoms with Crippen LogP contribution in [0.4, 0.5) is 0 Å². The van der Waals surface area contributed by atoms with Gasteiger partial charge in [0.25, 0.3) is 0 Å². The summed E-state index contributed by atoms with van der Waals surface area (Å²) in [5, 5.41) is 27.5. The third kappa shape index (κ3) is 25.7. The summed E-state index contributed by atoms with van der Waals surface area (Å²) in [7, 11) is 0. The standard InChI is InChI=1S/C50H91N21O12/c1-4-27(2)38(46(81)71-25-11-16-34(71)43(78)67-31(13-5-6-20-51)40(75)64-28(3)47(82)83)69-44(79)35-17-10-24-70(35)45(80)33(18-19-36(53)72)68-42(77)32(15-9-23-62-50(58)59)66-41(76)30(14-8-22-61-49(56)57)65-37(73)26-63-39(74)29(52)12-7-21-60-48(54)55/h27-35,38H,4-26,51-52H2,1-3H3,(H2,53,72)(H,63,74)(H,64,75)(H,65,73)(H,66,76)(H,67,78)(H,68,77)(H,69,79)(H,82,83)(H4,54,55,60)(H4,56,57,61)(H4,58,59,62)/t27-,28-,29-,30-,31-,32-,33-,34-,35-,38-/m0/s1. The van der Waals surface area contributed by atoms with Crippen molar-refractivity contribution in [1.82, 2.24) is 47.0 Å². The fourth-order valence-corrected chi connectivity index (χ4v) is 9.15. The van der Waals surface area contributed by atoms with E-state index in [1.807, 2.05) is 0 Å². The molecule has 26 N–H and O–H groups in total. The number of aliphatic imine (C=N–C) groups is 3. The SMILES string of the molecule is CC[C@H](C)[C@H](NC(=O)[C@@H]1CCCN1C(=O)[C@H](CCC(N)=O)NC(=O)[C@H](CCCN=C(N)N)NC(=O)[C@H](CCCN=C(N)N)NC(=O)CNC(=O)[C@@H](N)CCCN=C(N)N)C(=O)N1CCC[C@H]1C(=O)N[C@@H](CCCCN)C(=O)N[C@@H](C)C(=O)O. The summed E-state index contributed by atoms with van der Waals surface area (Å²) >= 11 is 0. The molecule has 33 nitrogen and oxygen atoms in total. The molecule has 0 aromatic heterocycles. The Bertz CT molecular complexity index is 2310. The van der Waals surface area contributed by atoms with Crippen molar-refractivity contribution < 1.29 is 57.8 Å². The Hall–Kier alpha value is -8.10. The van der Waals surface area contributed by atoms with Crippen LogP contribution >= 0.6 is 0 Å². The molecule has 2 aliphatic rings. The number of nitrogens with one attached hydrogen (secondary N) is 7. The zero-order valence-electron chi connectivity index (χ0n) is 47.9. The van der Waals surface area contributed by atoms with Crippen LogP contribution in [0, 0.1) is 5.92 Å². The van der Waals surface area contributed by atoms with Crippen molar-refractivity contribution in [2.75, 3.05) is 45.8 Å². The molecule has 2 fully saturated rings. The van der Waals surface area contributed by atoms with E-state index in [2.05, 4.69) is 52.2 Å². The van der Waals surface area contributed by atoms with Crippen molar-refractivity contribution in [3.05, 3.63) is 0 Å². The monoisotopic (exact) mass is 1180 g/mol. The van der Waals surface area contributed by atoms with Crippen LogP contribution in [-0.4, -0.2) is 198 Å². The Labute approximate surface area is 482 Å². The van der Waals surface area contributed by atoms with Crippen molar-refractivity contribution in [3.8, 4) is 0 Å². The Morgan fingerprint density at radius 2 is 1.01 bits per heavy atom. The highest BCUT2D eigenvalue weighted by Gasteiger charge is 2.44. The normalized spacial score (nSPS) is 17.5. The first-order chi connectivity index (χ1) is 39.2. The number of carbonyl (C=O) groups excluding carboxylic acids is 10. The van der Waals surface area contributed by atoms with E-state index in [-0.39, 0.29) is 108 Å². The number of nitrogens with zero attached hydrogens (tertiary/aromatic N) is 5. The third-order valence-electron chi connectivity index (χ3n) is 14.0. The molecule has 10 amide bonds. The first kappa shape index (κ1) is 71.0. The second-order valence-electron chi connectivity index (χ2n) is 20.6. The number of hydrogen-bond donors (Lipinski definition) is 17. The lowest BCUT2D eigenvalue weighted by molar-refractivity contribution is -0.146. The predicted molar refractivity (Wildman–Crippen MR) is 306 cm³/mol. The van der Waals surface area contributed by atoms with Gasteiger partial charge in [-0.1, -0.05) is 20.3 Å². The number of likely N-dealkylation sites (tertiary alicyclic amines) is 2. The molecule has 2 saturated heterocycles. The number of aliphatic carboxylic acids is 1. The molecule has 2 rings (SSSR count). The van der Waals surface area contributed by atoms with Crippen LogP contribution in [0.1, 0.15) is 124 Å². The summed E-state index contributed by atoms with van der Waals surface area (Å²) < 4.78 is 0. The zero-order chi connectivity index (χ0) is 62.3. The molecule has 0 bridgehead atoms. The number of hydrogen-bond acceptors (Lipinski definition) is 16. The lowest BCUT2D eigenvalue weighted by Gasteiger charge is -2.34. The number of carboxylic acid groups (broad SMARTS) is 1. The van der Waals surface area contributed by atoms with Crippen molar-refractivity contribution >= 4 is 82.9 Å². The molecule has 2 heterocycles. The second-order valence-corrected chi connectivity index (χ2v) is 20.6. The molecule has 0 aromatic carbocycles. The molecule has 2 aliphatic heterocycles. The molecular weight excluding hydrogens is 1090 g/mol. The quantitative estimate of drug-likeness (QED) is 0.0155. The number of primary amides is 1. The maximum absolute atomic E-state index is 14.6. The van der Waals surface area contributed by atoms with Crippen LogP contribution in [0.5, 0.6) is 0 Å². The maximum Gasteiger partial charge on any atom is 0.325 e. The second kappa shape index (κ2) is 37.1. The largest absolute Gasteiger partial charge is 0.480 e. The van der Waals surface area contributed by atoms with Gasteiger partial charge in [0.1, 0.15) is 48.3 Å². The number of guanidine groups is 3. The van der Waals surface area contributed by atoms with Gasteiger partial charge in [0.05, 0.1) is 12.6 Å². The fraction of sp³-hybridized carbons (Fsp3) is 0.720. The number of nitrogens with two attached hydrogens (primary N) is 9. The van der Waals surface area contributed by atoms with E-state index in [4.69, 9.17) is 51.6 Å². The van der Waals surface area contributed by atoms with Crippen LogP contribution in [0.3, 0.4) is 0 Å². The maximum atomic E-state index is 14.6. The van der Waals surface area contributed by atoms with E-state index in [0.717, 1.165) is 0 Å². The number of amides is 10. The van der Waals surface area contributed by atoms with E-state index >= 15 is 0 Å². The minimum atomic E-state index is -1.50. The summed E-state index contributed by atoms with van der Waals surface area (Å²) in [6.07, 6.45) is 2.46. The lowest BCUT2D eigenvalue weighted by Crippen LogP contribution is -2.60. The average Bonchev–Trinajstić information content (AvgIpc) is 4.26. The molecule has 10 atom stereocenters. The molecule has 0 aromatic rings. The Morgan fingerprint density at radius 3 is 1.51 bits per heavy atom. The van der Waals surface area contributed by atoms with Crippen LogP contribution < -0.4 is 88.8 Å². The van der Waals surface area contributed by atoms with Crippen molar-refractivity contribution in [3.63, 3.8) is 0 Å². The van der Waals surface area contributed by atoms with E-state index in [1.54, 1.807) is 13.8 Å². The summed E-state index contributed by atoms with van der Waals surface area (Å²) in [5.41, 5.74) is 49.8. The van der Waals surface area contributed by atoms with Gasteiger partial charge >= 0.3 is 5.97 Å². The Kier molecular flexibility index (Phi) is 31.7. The topological polar surface area (TPSA) is 570 Å². The van der Waals surface area contributed by atoms with Gasteiger partial charge in [-0.25, -0.2) is 0 Å². The molecule has 0 aliphatic carbocycles. The number of carboxylic acids is 1.